The zero-order valence-electron chi connectivity index (χ0n) is 20.8. The lowest BCUT2D eigenvalue weighted by Gasteiger charge is -2.35. The summed E-state index contributed by atoms with van der Waals surface area (Å²) in [7, 11) is -0.134. The van der Waals surface area contributed by atoms with E-state index in [0.29, 0.717) is 29.7 Å². The first-order chi connectivity index (χ1) is 15.7. The van der Waals surface area contributed by atoms with Gasteiger partial charge in [0.15, 0.2) is 8.32 Å². The van der Waals surface area contributed by atoms with Crippen LogP contribution in [0.2, 0.25) is 18.1 Å². The summed E-state index contributed by atoms with van der Waals surface area (Å²) in [6, 6.07) is 4.71. The van der Waals surface area contributed by atoms with Gasteiger partial charge < -0.3 is 19.0 Å². The van der Waals surface area contributed by atoms with Crippen LogP contribution in [0.4, 0.5) is 23.2 Å². The Bertz CT molecular complexity index is 1060. The van der Waals surface area contributed by atoms with E-state index < -0.39 is 33.1 Å². The molecule has 0 amide bonds. The number of alkyl halides is 4. The van der Waals surface area contributed by atoms with Gasteiger partial charge in [-0.2, -0.15) is 13.2 Å². The van der Waals surface area contributed by atoms with Crippen LogP contribution in [0.3, 0.4) is 0 Å². The fraction of sp³-hybridized carbons (Fsp3) is 0.600. The van der Waals surface area contributed by atoms with Crippen LogP contribution >= 0.6 is 0 Å². The lowest BCUT2D eigenvalue weighted by Crippen LogP contribution is -2.46. The van der Waals surface area contributed by atoms with E-state index >= 15 is 0 Å². The van der Waals surface area contributed by atoms with Gasteiger partial charge in [-0.3, -0.25) is 0 Å². The van der Waals surface area contributed by atoms with Crippen LogP contribution in [0.15, 0.2) is 24.4 Å². The standard InChI is InChI=1S/C25H35F4N3OSi/c1-24(2,3)34(5,6)33-14-8-9-18-15-22-21(30-20-11-13-31(4)17-19(20)26)10-7-12-32(22)23(18)16-25(27,28)29/h7,10,12,15,19-20,30H,11,13-14,16-17H2,1-6H3/t19-,20+/m0/s1. The van der Waals surface area contributed by atoms with Crippen LogP contribution in [-0.2, 0) is 10.8 Å². The number of pyridine rings is 1. The van der Waals surface area contributed by atoms with Crippen molar-refractivity contribution >= 4 is 19.5 Å². The number of rotatable bonds is 5. The predicted octanol–water partition coefficient (Wildman–Crippen LogP) is 5.87. The summed E-state index contributed by atoms with van der Waals surface area (Å²) in [5.74, 6) is 5.84. The van der Waals surface area contributed by atoms with Gasteiger partial charge in [0.05, 0.1) is 30.3 Å². The molecule has 1 fully saturated rings. The second kappa shape index (κ2) is 9.92. The number of piperidine rings is 1. The van der Waals surface area contributed by atoms with Crippen LogP contribution in [0, 0.1) is 11.8 Å². The van der Waals surface area contributed by atoms with Gasteiger partial charge in [0.2, 0.25) is 0 Å². The number of hydrogen-bond donors (Lipinski definition) is 1. The van der Waals surface area contributed by atoms with Crippen LogP contribution in [0.25, 0.3) is 5.52 Å². The van der Waals surface area contributed by atoms with E-state index in [1.165, 1.54) is 4.40 Å². The summed E-state index contributed by atoms with van der Waals surface area (Å²) in [6.45, 7) is 11.8. The molecule has 0 saturated carbocycles. The highest BCUT2D eigenvalue weighted by Crippen LogP contribution is 2.36. The second-order valence-corrected chi connectivity index (χ2v) is 15.5. The summed E-state index contributed by atoms with van der Waals surface area (Å²) >= 11 is 0. The molecule has 1 N–H and O–H groups in total. The third-order valence-corrected chi connectivity index (χ3v) is 11.4. The summed E-state index contributed by atoms with van der Waals surface area (Å²) in [5, 5.41) is 3.25. The van der Waals surface area contributed by atoms with Crippen molar-refractivity contribution in [2.24, 2.45) is 0 Å². The van der Waals surface area contributed by atoms with E-state index in [1.54, 1.807) is 24.4 Å². The van der Waals surface area contributed by atoms with Crippen molar-refractivity contribution < 1.29 is 22.0 Å². The zero-order valence-corrected chi connectivity index (χ0v) is 21.8. The molecule has 0 aliphatic carbocycles. The number of aromatic nitrogens is 1. The monoisotopic (exact) mass is 497 g/mol. The average Bonchev–Trinajstić information content (AvgIpc) is 3.03. The maximum atomic E-state index is 14.6. The van der Waals surface area contributed by atoms with Crippen molar-refractivity contribution in [3.05, 3.63) is 35.7 Å². The first-order valence-corrected chi connectivity index (χ1v) is 14.5. The Morgan fingerprint density at radius 1 is 1.24 bits per heavy atom. The predicted molar refractivity (Wildman–Crippen MR) is 132 cm³/mol. The molecule has 0 spiro atoms. The lowest BCUT2D eigenvalue weighted by molar-refractivity contribution is -0.128. The molecule has 2 aromatic rings. The highest BCUT2D eigenvalue weighted by Gasteiger charge is 2.37. The molecular formula is C25H35F4N3OSi. The van der Waals surface area contributed by atoms with E-state index in [-0.39, 0.29) is 17.3 Å². The van der Waals surface area contributed by atoms with Gasteiger partial charge in [-0.25, -0.2) is 4.39 Å². The van der Waals surface area contributed by atoms with E-state index in [1.807, 2.05) is 11.9 Å². The van der Waals surface area contributed by atoms with Crippen LogP contribution in [0.5, 0.6) is 0 Å². The van der Waals surface area contributed by atoms with Crippen molar-refractivity contribution in [3.8, 4) is 11.8 Å². The molecule has 0 radical (unpaired) electrons. The Labute approximate surface area is 200 Å². The Morgan fingerprint density at radius 2 is 1.94 bits per heavy atom. The zero-order chi connectivity index (χ0) is 25.3. The molecule has 34 heavy (non-hydrogen) atoms. The maximum absolute atomic E-state index is 14.6. The number of hydrogen-bond acceptors (Lipinski definition) is 3. The van der Waals surface area contributed by atoms with Crippen molar-refractivity contribution in [3.63, 3.8) is 0 Å². The molecule has 9 heteroatoms. The van der Waals surface area contributed by atoms with Crippen molar-refractivity contribution in [1.29, 1.82) is 0 Å². The van der Waals surface area contributed by atoms with Crippen molar-refractivity contribution in [1.82, 2.24) is 9.30 Å². The van der Waals surface area contributed by atoms with Gasteiger partial charge in [-0.05, 0) is 49.8 Å². The molecule has 2 atom stereocenters. The summed E-state index contributed by atoms with van der Waals surface area (Å²) in [4.78, 5) is 1.93. The smallest absolute Gasteiger partial charge is 0.394 e. The fourth-order valence-corrected chi connectivity index (χ4v) is 4.70. The molecule has 0 aromatic carbocycles. The quantitative estimate of drug-likeness (QED) is 0.318. The highest BCUT2D eigenvalue weighted by atomic mass is 28.4. The Hall–Kier alpha value is -2.02. The number of fused-ring (bicyclic) bond motifs is 1. The Kier molecular flexibility index (Phi) is 7.75. The van der Waals surface area contributed by atoms with E-state index in [4.69, 9.17) is 4.43 Å². The third kappa shape index (κ3) is 6.35. The van der Waals surface area contributed by atoms with Crippen LogP contribution < -0.4 is 5.32 Å². The molecule has 2 aromatic heterocycles. The van der Waals surface area contributed by atoms with E-state index in [0.717, 1.165) is 6.54 Å². The number of anilines is 1. The molecule has 3 heterocycles. The molecule has 0 unspecified atom stereocenters. The first kappa shape index (κ1) is 26.6. The normalized spacial score (nSPS) is 20.3. The molecule has 1 saturated heterocycles. The molecular weight excluding hydrogens is 462 g/mol. The van der Waals surface area contributed by atoms with E-state index in [2.05, 4.69) is 51.0 Å². The molecule has 1 aliphatic heterocycles. The van der Waals surface area contributed by atoms with Gasteiger partial charge in [-0.1, -0.05) is 32.6 Å². The minimum Gasteiger partial charge on any atom is -0.406 e. The van der Waals surface area contributed by atoms with Gasteiger partial charge in [-0.15, -0.1) is 0 Å². The van der Waals surface area contributed by atoms with E-state index in [9.17, 15) is 17.6 Å². The molecule has 4 nitrogen and oxygen atoms in total. The lowest BCUT2D eigenvalue weighted by atomic mass is 10.0. The number of halogens is 4. The van der Waals surface area contributed by atoms with Gasteiger partial charge in [0.1, 0.15) is 6.17 Å². The highest BCUT2D eigenvalue weighted by molar-refractivity contribution is 6.74. The average molecular weight is 498 g/mol. The molecule has 0 bridgehead atoms. The Morgan fingerprint density at radius 3 is 2.56 bits per heavy atom. The second-order valence-electron chi connectivity index (χ2n) is 10.6. The summed E-state index contributed by atoms with van der Waals surface area (Å²) in [5.41, 5.74) is 1.55. The fourth-order valence-electron chi connectivity index (χ4n) is 3.84. The van der Waals surface area contributed by atoms with Crippen molar-refractivity contribution in [2.45, 2.75) is 70.1 Å². The first-order valence-electron chi connectivity index (χ1n) is 11.6. The molecule has 1 aliphatic rings. The number of nitrogens with zero attached hydrogens (tertiary/aromatic N) is 2. The topological polar surface area (TPSA) is 28.9 Å². The Balaban J connectivity index is 1.92. The number of likely N-dealkylation sites (tertiary alicyclic amines) is 1. The van der Waals surface area contributed by atoms with Gasteiger partial charge in [0, 0.05) is 30.5 Å². The minimum atomic E-state index is -4.39. The number of nitrogens with one attached hydrogen (secondary N) is 1. The molecule has 3 rings (SSSR count). The third-order valence-electron chi connectivity index (χ3n) is 6.90. The van der Waals surface area contributed by atoms with Crippen molar-refractivity contribution in [2.75, 3.05) is 32.1 Å². The van der Waals surface area contributed by atoms with Gasteiger partial charge >= 0.3 is 6.18 Å². The largest absolute Gasteiger partial charge is 0.406 e. The van der Waals surface area contributed by atoms with Crippen LogP contribution in [0.1, 0.15) is 38.4 Å². The summed E-state index contributed by atoms with van der Waals surface area (Å²) in [6.07, 6.45) is -4.33. The van der Waals surface area contributed by atoms with Gasteiger partial charge in [0.25, 0.3) is 0 Å². The summed E-state index contributed by atoms with van der Waals surface area (Å²) < 4.78 is 62.4. The van der Waals surface area contributed by atoms with Crippen LogP contribution in [-0.4, -0.2) is 62.8 Å². The molecule has 188 valence electrons. The SMILES string of the molecule is CN1CC[C@@H](Nc2cccn3c(CC(F)(F)F)c(C#CCO[Si](C)(C)C(C)(C)C)cc23)[C@@H](F)C1. The minimum absolute atomic E-state index is 0.0176. The maximum Gasteiger partial charge on any atom is 0.394 e.